The van der Waals surface area contributed by atoms with Crippen LogP contribution in [0.2, 0.25) is 0 Å². The molecular formula is C17H29N3O2. The summed E-state index contributed by atoms with van der Waals surface area (Å²) in [6.07, 6.45) is 4.70. The molecule has 5 nitrogen and oxygen atoms in total. The number of likely N-dealkylation sites (tertiary alicyclic amines) is 1. The standard InChI is InChI=1S/C17H29N3O2/c1-14-12-16(21)17(22)15(13-19-9-5-4-6-10-19)20(14)11-7-8-18(2)3/h12,22H,4-11,13H2,1-3H3. The van der Waals surface area contributed by atoms with Gasteiger partial charge < -0.3 is 14.6 Å². The first-order chi connectivity index (χ1) is 10.5. The maximum absolute atomic E-state index is 11.9. The second kappa shape index (κ2) is 7.79. The van der Waals surface area contributed by atoms with Gasteiger partial charge in [-0.2, -0.15) is 0 Å². The monoisotopic (exact) mass is 307 g/mol. The molecular weight excluding hydrogens is 278 g/mol. The maximum Gasteiger partial charge on any atom is 0.223 e. The van der Waals surface area contributed by atoms with Gasteiger partial charge in [-0.25, -0.2) is 0 Å². The molecule has 1 aromatic rings. The molecule has 1 aliphatic heterocycles. The lowest BCUT2D eigenvalue weighted by atomic mass is 10.1. The topological polar surface area (TPSA) is 48.7 Å². The van der Waals surface area contributed by atoms with Crippen LogP contribution in [0.4, 0.5) is 0 Å². The molecule has 0 radical (unpaired) electrons. The lowest BCUT2D eigenvalue weighted by molar-refractivity contribution is 0.211. The molecule has 22 heavy (non-hydrogen) atoms. The van der Waals surface area contributed by atoms with Crippen molar-refractivity contribution >= 4 is 0 Å². The highest BCUT2D eigenvalue weighted by atomic mass is 16.3. The number of aromatic hydroxyl groups is 1. The summed E-state index contributed by atoms with van der Waals surface area (Å²) in [6.45, 7) is 6.57. The molecule has 1 saturated heterocycles. The number of nitrogens with zero attached hydrogens (tertiary/aromatic N) is 3. The summed E-state index contributed by atoms with van der Waals surface area (Å²) in [5.74, 6) is -0.0685. The summed E-state index contributed by atoms with van der Waals surface area (Å²) in [7, 11) is 4.12. The molecule has 0 saturated carbocycles. The Labute approximate surface area is 133 Å². The van der Waals surface area contributed by atoms with Gasteiger partial charge in [-0.05, 0) is 59.9 Å². The highest BCUT2D eigenvalue weighted by molar-refractivity contribution is 5.29. The van der Waals surface area contributed by atoms with Crippen molar-refractivity contribution in [1.29, 1.82) is 0 Å². The fourth-order valence-corrected chi connectivity index (χ4v) is 3.16. The van der Waals surface area contributed by atoms with Crippen LogP contribution in [-0.2, 0) is 13.1 Å². The first-order valence-corrected chi connectivity index (χ1v) is 8.28. The Kier molecular flexibility index (Phi) is 6.03. The van der Waals surface area contributed by atoms with Crippen LogP contribution < -0.4 is 5.43 Å². The van der Waals surface area contributed by atoms with Gasteiger partial charge in [0.2, 0.25) is 5.43 Å². The third kappa shape index (κ3) is 4.34. The van der Waals surface area contributed by atoms with E-state index in [1.54, 1.807) is 6.07 Å². The second-order valence-electron chi connectivity index (χ2n) is 6.59. The van der Waals surface area contributed by atoms with E-state index in [1.165, 1.54) is 19.3 Å². The molecule has 1 aliphatic rings. The molecule has 5 heteroatoms. The van der Waals surface area contributed by atoms with Crippen molar-refractivity contribution in [3.8, 4) is 5.75 Å². The smallest absolute Gasteiger partial charge is 0.223 e. The van der Waals surface area contributed by atoms with Crippen LogP contribution in [0.3, 0.4) is 0 Å². The van der Waals surface area contributed by atoms with Crippen molar-refractivity contribution in [2.24, 2.45) is 0 Å². The van der Waals surface area contributed by atoms with Gasteiger partial charge in [-0.1, -0.05) is 6.42 Å². The van der Waals surface area contributed by atoms with Gasteiger partial charge in [0, 0.05) is 24.8 Å². The van der Waals surface area contributed by atoms with Crippen LogP contribution in [0.5, 0.6) is 5.75 Å². The average Bonchev–Trinajstić information content (AvgIpc) is 2.48. The molecule has 0 spiro atoms. The molecule has 0 unspecified atom stereocenters. The highest BCUT2D eigenvalue weighted by Crippen LogP contribution is 2.20. The zero-order valence-electron chi connectivity index (χ0n) is 14.1. The van der Waals surface area contributed by atoms with Crippen molar-refractivity contribution in [2.75, 3.05) is 33.7 Å². The molecule has 0 atom stereocenters. The van der Waals surface area contributed by atoms with Crippen molar-refractivity contribution in [3.05, 3.63) is 27.7 Å². The first-order valence-electron chi connectivity index (χ1n) is 8.28. The molecule has 1 N–H and O–H groups in total. The average molecular weight is 307 g/mol. The molecule has 0 aliphatic carbocycles. The molecule has 124 valence electrons. The molecule has 2 rings (SSSR count). The van der Waals surface area contributed by atoms with E-state index in [2.05, 4.69) is 28.5 Å². The van der Waals surface area contributed by atoms with Gasteiger partial charge in [0.1, 0.15) is 0 Å². The van der Waals surface area contributed by atoms with Gasteiger partial charge in [0.15, 0.2) is 5.75 Å². The van der Waals surface area contributed by atoms with E-state index in [0.717, 1.165) is 44.0 Å². The zero-order chi connectivity index (χ0) is 16.1. The lowest BCUT2D eigenvalue weighted by Gasteiger charge is -2.28. The van der Waals surface area contributed by atoms with Crippen LogP contribution >= 0.6 is 0 Å². The number of rotatable bonds is 6. The van der Waals surface area contributed by atoms with E-state index >= 15 is 0 Å². The fourth-order valence-electron chi connectivity index (χ4n) is 3.16. The number of aryl methyl sites for hydroxylation is 1. The van der Waals surface area contributed by atoms with Gasteiger partial charge in [0.05, 0.1) is 5.69 Å². The Morgan fingerprint density at radius 1 is 1.23 bits per heavy atom. The van der Waals surface area contributed by atoms with E-state index in [9.17, 15) is 9.90 Å². The van der Waals surface area contributed by atoms with E-state index < -0.39 is 0 Å². The van der Waals surface area contributed by atoms with E-state index in [-0.39, 0.29) is 11.2 Å². The Morgan fingerprint density at radius 3 is 2.55 bits per heavy atom. The predicted octanol–water partition coefficient (Wildman–Crippen LogP) is 1.80. The molecule has 2 heterocycles. The zero-order valence-corrected chi connectivity index (χ0v) is 14.1. The van der Waals surface area contributed by atoms with Crippen molar-refractivity contribution in [1.82, 2.24) is 14.4 Å². The summed E-state index contributed by atoms with van der Waals surface area (Å²) in [4.78, 5) is 16.4. The quantitative estimate of drug-likeness (QED) is 0.870. The van der Waals surface area contributed by atoms with Crippen LogP contribution in [0.1, 0.15) is 37.1 Å². The largest absolute Gasteiger partial charge is 0.503 e. The summed E-state index contributed by atoms with van der Waals surface area (Å²) in [5.41, 5.74) is 1.47. The Morgan fingerprint density at radius 2 is 1.91 bits per heavy atom. The van der Waals surface area contributed by atoms with Gasteiger partial charge >= 0.3 is 0 Å². The highest BCUT2D eigenvalue weighted by Gasteiger charge is 2.18. The molecule has 1 aromatic heterocycles. The number of hydrogen-bond donors (Lipinski definition) is 1. The third-order valence-electron chi connectivity index (χ3n) is 4.41. The summed E-state index contributed by atoms with van der Waals surface area (Å²) < 4.78 is 2.12. The Bertz CT molecular complexity index is 546. The van der Waals surface area contributed by atoms with Crippen LogP contribution in [0.25, 0.3) is 0 Å². The van der Waals surface area contributed by atoms with Gasteiger partial charge in [0.25, 0.3) is 0 Å². The number of hydrogen-bond acceptors (Lipinski definition) is 4. The van der Waals surface area contributed by atoms with Crippen LogP contribution in [0.15, 0.2) is 10.9 Å². The van der Waals surface area contributed by atoms with E-state index in [0.29, 0.717) is 6.54 Å². The summed E-state index contributed by atoms with van der Waals surface area (Å²) in [5, 5.41) is 10.3. The molecule has 1 fully saturated rings. The van der Waals surface area contributed by atoms with Gasteiger partial charge in [-0.3, -0.25) is 9.69 Å². The predicted molar refractivity (Wildman–Crippen MR) is 89.4 cm³/mol. The Balaban J connectivity index is 2.21. The third-order valence-corrected chi connectivity index (χ3v) is 4.41. The number of aromatic nitrogens is 1. The minimum absolute atomic E-state index is 0.0685. The van der Waals surface area contributed by atoms with Crippen LogP contribution in [-0.4, -0.2) is 53.2 Å². The maximum atomic E-state index is 11.9. The fraction of sp³-hybridized carbons (Fsp3) is 0.706. The first kappa shape index (κ1) is 17.0. The second-order valence-corrected chi connectivity index (χ2v) is 6.59. The summed E-state index contributed by atoms with van der Waals surface area (Å²) >= 11 is 0. The van der Waals surface area contributed by atoms with E-state index in [1.807, 2.05) is 6.92 Å². The Hall–Kier alpha value is -1.33. The summed E-state index contributed by atoms with van der Waals surface area (Å²) in [6, 6.07) is 1.55. The molecule has 0 bridgehead atoms. The molecule has 0 amide bonds. The van der Waals surface area contributed by atoms with Gasteiger partial charge in [-0.15, -0.1) is 0 Å². The van der Waals surface area contributed by atoms with Crippen molar-refractivity contribution in [3.63, 3.8) is 0 Å². The lowest BCUT2D eigenvalue weighted by Crippen LogP contribution is -2.32. The number of piperidine rings is 1. The SMILES string of the molecule is Cc1cc(=O)c(O)c(CN2CCCCC2)n1CCCN(C)C. The minimum Gasteiger partial charge on any atom is -0.503 e. The normalized spacial score (nSPS) is 16.4. The van der Waals surface area contributed by atoms with Crippen LogP contribution in [0, 0.1) is 6.92 Å². The number of pyridine rings is 1. The molecule has 0 aromatic carbocycles. The minimum atomic E-state index is -0.256. The van der Waals surface area contributed by atoms with Crippen molar-refractivity contribution in [2.45, 2.75) is 45.7 Å². The van der Waals surface area contributed by atoms with Crippen molar-refractivity contribution < 1.29 is 5.11 Å². The van der Waals surface area contributed by atoms with E-state index in [4.69, 9.17) is 0 Å².